The first kappa shape index (κ1) is 14.9. The summed E-state index contributed by atoms with van der Waals surface area (Å²) in [6.07, 6.45) is 0. The first-order valence-corrected chi connectivity index (χ1v) is 8.26. The Labute approximate surface area is 126 Å². The highest BCUT2D eigenvalue weighted by Crippen LogP contribution is 2.26. The van der Waals surface area contributed by atoms with Crippen molar-refractivity contribution in [1.82, 2.24) is 0 Å². The molecule has 2 aromatic rings. The van der Waals surface area contributed by atoms with Gasteiger partial charge in [-0.25, -0.2) is 8.42 Å². The summed E-state index contributed by atoms with van der Waals surface area (Å²) in [6, 6.07) is 12.7. The van der Waals surface area contributed by atoms with Gasteiger partial charge in [-0.15, -0.1) is 0 Å². The molecule has 0 saturated heterocycles. The molecule has 0 aliphatic heterocycles. The van der Waals surface area contributed by atoms with E-state index in [9.17, 15) is 13.5 Å². The zero-order valence-electron chi connectivity index (χ0n) is 10.8. The van der Waals surface area contributed by atoms with Crippen LogP contribution >= 0.6 is 15.9 Å². The predicted molar refractivity (Wildman–Crippen MR) is 82.5 cm³/mol. The van der Waals surface area contributed by atoms with Crippen LogP contribution in [0.25, 0.3) is 0 Å². The lowest BCUT2D eigenvalue weighted by atomic mass is 10.3. The fourth-order valence-corrected chi connectivity index (χ4v) is 3.60. The number of sulfonamides is 1. The molecular formula is C14H14BrNO3S. The molecule has 2 rings (SSSR count). The van der Waals surface area contributed by atoms with E-state index in [0.717, 1.165) is 4.47 Å². The predicted octanol–water partition coefficient (Wildman–Crippen LogP) is 3.37. The molecule has 0 aromatic heterocycles. The molecule has 0 spiro atoms. The van der Waals surface area contributed by atoms with Crippen molar-refractivity contribution < 1.29 is 13.5 Å². The summed E-state index contributed by atoms with van der Waals surface area (Å²) in [5, 5.41) is 9.50. The normalized spacial score (nSPS) is 11.3. The Morgan fingerprint density at radius 2 is 1.80 bits per heavy atom. The molecule has 2 aromatic carbocycles. The van der Waals surface area contributed by atoms with Gasteiger partial charge in [-0.3, -0.25) is 4.31 Å². The molecule has 6 heteroatoms. The van der Waals surface area contributed by atoms with Crippen molar-refractivity contribution in [2.45, 2.75) is 11.8 Å². The Kier molecular flexibility index (Phi) is 4.35. The Morgan fingerprint density at radius 3 is 2.35 bits per heavy atom. The maximum absolute atomic E-state index is 12.6. The monoisotopic (exact) mass is 355 g/mol. The fourth-order valence-electron chi connectivity index (χ4n) is 1.87. The summed E-state index contributed by atoms with van der Waals surface area (Å²) >= 11 is 3.28. The molecule has 0 bridgehead atoms. The van der Waals surface area contributed by atoms with E-state index in [-0.39, 0.29) is 17.2 Å². The average molecular weight is 356 g/mol. The van der Waals surface area contributed by atoms with Gasteiger partial charge < -0.3 is 5.11 Å². The van der Waals surface area contributed by atoms with Gasteiger partial charge >= 0.3 is 0 Å². The molecule has 0 unspecified atom stereocenters. The van der Waals surface area contributed by atoms with Crippen molar-refractivity contribution in [2.75, 3.05) is 10.8 Å². The smallest absolute Gasteiger partial charge is 0.264 e. The van der Waals surface area contributed by atoms with Gasteiger partial charge in [0.1, 0.15) is 5.75 Å². The Balaban J connectivity index is 2.47. The van der Waals surface area contributed by atoms with Crippen LogP contribution in [0.2, 0.25) is 0 Å². The van der Waals surface area contributed by atoms with Gasteiger partial charge in [-0.2, -0.15) is 0 Å². The maximum Gasteiger partial charge on any atom is 0.264 e. The molecule has 0 atom stereocenters. The van der Waals surface area contributed by atoms with Crippen molar-refractivity contribution >= 4 is 31.6 Å². The number of anilines is 1. The van der Waals surface area contributed by atoms with Crippen molar-refractivity contribution in [3.63, 3.8) is 0 Å². The summed E-state index contributed by atoms with van der Waals surface area (Å²) in [4.78, 5) is 0.214. The first-order chi connectivity index (χ1) is 9.45. The summed E-state index contributed by atoms with van der Waals surface area (Å²) in [5.74, 6) is 0.0342. The number of rotatable bonds is 4. The van der Waals surface area contributed by atoms with E-state index in [4.69, 9.17) is 0 Å². The zero-order valence-corrected chi connectivity index (χ0v) is 13.2. The van der Waals surface area contributed by atoms with Crippen LogP contribution in [-0.2, 0) is 10.0 Å². The van der Waals surface area contributed by atoms with E-state index in [1.54, 1.807) is 43.3 Å². The van der Waals surface area contributed by atoms with E-state index < -0.39 is 10.0 Å². The van der Waals surface area contributed by atoms with Gasteiger partial charge in [0.15, 0.2) is 0 Å². The van der Waals surface area contributed by atoms with Gasteiger partial charge in [-0.1, -0.05) is 22.0 Å². The van der Waals surface area contributed by atoms with E-state index in [1.165, 1.54) is 16.4 Å². The van der Waals surface area contributed by atoms with Crippen LogP contribution in [0, 0.1) is 0 Å². The number of phenols is 1. The molecule has 0 amide bonds. The van der Waals surface area contributed by atoms with E-state index in [1.807, 2.05) is 0 Å². The molecule has 0 aliphatic rings. The fraction of sp³-hybridized carbons (Fsp3) is 0.143. The molecule has 0 fully saturated rings. The molecule has 1 N–H and O–H groups in total. The number of phenolic OH excluding ortho intramolecular Hbond substituents is 1. The molecule has 0 aliphatic carbocycles. The molecule has 0 saturated carbocycles. The first-order valence-electron chi connectivity index (χ1n) is 6.02. The standard InChI is InChI=1S/C14H14BrNO3S/c1-2-16(12-4-3-5-13(17)10-12)20(18,19)14-8-6-11(15)7-9-14/h3-10,17H,2H2,1H3. The van der Waals surface area contributed by atoms with Gasteiger partial charge in [0.05, 0.1) is 10.6 Å². The summed E-state index contributed by atoms with van der Waals surface area (Å²) < 4.78 is 27.3. The highest BCUT2D eigenvalue weighted by molar-refractivity contribution is 9.10. The van der Waals surface area contributed by atoms with Crippen LogP contribution in [0.4, 0.5) is 5.69 Å². The number of aromatic hydroxyl groups is 1. The highest BCUT2D eigenvalue weighted by atomic mass is 79.9. The van der Waals surface area contributed by atoms with Crippen LogP contribution in [0.3, 0.4) is 0 Å². The lowest BCUT2D eigenvalue weighted by Gasteiger charge is -2.23. The third-order valence-electron chi connectivity index (χ3n) is 2.81. The zero-order chi connectivity index (χ0) is 14.8. The highest BCUT2D eigenvalue weighted by Gasteiger charge is 2.23. The molecule has 0 heterocycles. The minimum Gasteiger partial charge on any atom is -0.508 e. The summed E-state index contributed by atoms with van der Waals surface area (Å²) in [5.41, 5.74) is 0.440. The second-order valence-corrected chi connectivity index (χ2v) is 6.92. The second-order valence-electron chi connectivity index (χ2n) is 4.14. The van der Waals surface area contributed by atoms with Gasteiger partial charge in [0.25, 0.3) is 10.0 Å². The quantitative estimate of drug-likeness (QED) is 0.914. The minimum atomic E-state index is -3.64. The summed E-state index contributed by atoms with van der Waals surface area (Å²) in [6.45, 7) is 2.03. The lowest BCUT2D eigenvalue weighted by molar-refractivity contribution is 0.475. The summed E-state index contributed by atoms with van der Waals surface area (Å²) in [7, 11) is -3.64. The van der Waals surface area contributed by atoms with Gasteiger partial charge in [0.2, 0.25) is 0 Å². The number of benzene rings is 2. The van der Waals surface area contributed by atoms with Gasteiger partial charge in [0, 0.05) is 17.1 Å². The van der Waals surface area contributed by atoms with Crippen molar-refractivity contribution in [3.05, 3.63) is 53.0 Å². The van der Waals surface area contributed by atoms with Crippen LogP contribution in [-0.4, -0.2) is 20.1 Å². The number of hydrogen-bond acceptors (Lipinski definition) is 3. The van der Waals surface area contributed by atoms with Crippen molar-refractivity contribution in [3.8, 4) is 5.75 Å². The minimum absolute atomic E-state index is 0.0342. The third kappa shape index (κ3) is 2.96. The molecule has 4 nitrogen and oxygen atoms in total. The SMILES string of the molecule is CCN(c1cccc(O)c1)S(=O)(=O)c1ccc(Br)cc1. The molecular weight excluding hydrogens is 342 g/mol. The number of halogens is 1. The Bertz CT molecular complexity index is 699. The van der Waals surface area contributed by atoms with E-state index in [0.29, 0.717) is 5.69 Å². The van der Waals surface area contributed by atoms with Crippen LogP contribution < -0.4 is 4.31 Å². The Hall–Kier alpha value is -1.53. The van der Waals surface area contributed by atoms with Crippen LogP contribution in [0.5, 0.6) is 5.75 Å². The topological polar surface area (TPSA) is 57.6 Å². The molecule has 20 heavy (non-hydrogen) atoms. The van der Waals surface area contributed by atoms with Gasteiger partial charge in [-0.05, 0) is 43.3 Å². The van der Waals surface area contributed by atoms with Crippen LogP contribution in [0.1, 0.15) is 6.92 Å². The third-order valence-corrected chi connectivity index (χ3v) is 5.25. The average Bonchev–Trinajstić information content (AvgIpc) is 2.40. The Morgan fingerprint density at radius 1 is 1.15 bits per heavy atom. The molecule has 0 radical (unpaired) electrons. The maximum atomic E-state index is 12.6. The van der Waals surface area contributed by atoms with Crippen molar-refractivity contribution in [2.24, 2.45) is 0 Å². The second kappa shape index (κ2) is 5.85. The lowest BCUT2D eigenvalue weighted by Crippen LogP contribution is -2.30. The van der Waals surface area contributed by atoms with Crippen molar-refractivity contribution in [1.29, 1.82) is 0 Å². The van der Waals surface area contributed by atoms with Crippen LogP contribution in [0.15, 0.2) is 57.9 Å². The number of hydrogen-bond donors (Lipinski definition) is 1. The van der Waals surface area contributed by atoms with E-state index in [2.05, 4.69) is 15.9 Å². The van der Waals surface area contributed by atoms with E-state index >= 15 is 0 Å². The largest absolute Gasteiger partial charge is 0.508 e. The number of nitrogens with zero attached hydrogens (tertiary/aromatic N) is 1. The molecule has 106 valence electrons.